The van der Waals surface area contributed by atoms with Crippen molar-refractivity contribution in [2.24, 2.45) is 5.92 Å². The average Bonchev–Trinajstić information content (AvgIpc) is 2.27. The van der Waals surface area contributed by atoms with Crippen molar-refractivity contribution in [2.45, 2.75) is 13.8 Å². The van der Waals surface area contributed by atoms with Crippen LogP contribution in [-0.2, 0) is 9.53 Å². The summed E-state index contributed by atoms with van der Waals surface area (Å²) in [6.07, 6.45) is 0. The number of hydrogen-bond donors (Lipinski definition) is 1. The van der Waals surface area contributed by atoms with E-state index in [1.54, 1.807) is 6.92 Å². The van der Waals surface area contributed by atoms with Gasteiger partial charge in [-0.2, -0.15) is 0 Å². The van der Waals surface area contributed by atoms with Crippen LogP contribution in [0.5, 0.6) is 0 Å². The molecule has 5 heteroatoms. The molecular formula is C12H15ClINO2. The summed E-state index contributed by atoms with van der Waals surface area (Å²) in [6, 6.07) is 5.60. The number of carbonyl (C=O) groups excluding carboxylic acids is 1. The van der Waals surface area contributed by atoms with Gasteiger partial charge in [0, 0.05) is 20.8 Å². The van der Waals surface area contributed by atoms with Gasteiger partial charge in [-0.15, -0.1) is 0 Å². The molecule has 1 N–H and O–H groups in total. The number of benzene rings is 1. The van der Waals surface area contributed by atoms with Gasteiger partial charge in [0.2, 0.25) is 0 Å². The SMILES string of the molecule is CCOC(=O)C(C)CNc1ccc(Cl)cc1I. The van der Waals surface area contributed by atoms with E-state index in [2.05, 4.69) is 27.9 Å². The number of hydrogen-bond acceptors (Lipinski definition) is 3. The largest absolute Gasteiger partial charge is 0.466 e. The van der Waals surface area contributed by atoms with Gasteiger partial charge < -0.3 is 10.1 Å². The molecule has 0 aliphatic heterocycles. The van der Waals surface area contributed by atoms with Gasteiger partial charge in [0.1, 0.15) is 0 Å². The Labute approximate surface area is 120 Å². The Kier molecular flexibility index (Phi) is 6.05. The summed E-state index contributed by atoms with van der Waals surface area (Å²) in [5, 5.41) is 3.92. The molecule has 0 amide bonds. The second kappa shape index (κ2) is 7.06. The molecule has 94 valence electrons. The Morgan fingerprint density at radius 2 is 2.29 bits per heavy atom. The lowest BCUT2D eigenvalue weighted by Crippen LogP contribution is -2.22. The van der Waals surface area contributed by atoms with E-state index in [0.717, 1.165) is 9.26 Å². The molecule has 1 atom stereocenters. The van der Waals surface area contributed by atoms with Crippen LogP contribution in [0, 0.1) is 9.49 Å². The highest BCUT2D eigenvalue weighted by Crippen LogP contribution is 2.22. The van der Waals surface area contributed by atoms with Crippen molar-refractivity contribution in [2.75, 3.05) is 18.5 Å². The van der Waals surface area contributed by atoms with E-state index >= 15 is 0 Å². The molecule has 17 heavy (non-hydrogen) atoms. The molecule has 0 fully saturated rings. The van der Waals surface area contributed by atoms with Crippen molar-refractivity contribution in [1.29, 1.82) is 0 Å². The highest BCUT2D eigenvalue weighted by molar-refractivity contribution is 14.1. The second-order valence-corrected chi connectivity index (χ2v) is 5.26. The molecular weight excluding hydrogens is 352 g/mol. The van der Waals surface area contributed by atoms with Crippen LogP contribution < -0.4 is 5.32 Å². The third-order valence-electron chi connectivity index (χ3n) is 2.22. The molecule has 0 aliphatic carbocycles. The standard InChI is InChI=1S/C12H15ClINO2/c1-3-17-12(16)8(2)7-15-11-5-4-9(13)6-10(11)14/h4-6,8,15H,3,7H2,1-2H3. The van der Waals surface area contributed by atoms with Gasteiger partial charge in [-0.1, -0.05) is 18.5 Å². The molecule has 3 nitrogen and oxygen atoms in total. The molecule has 1 aromatic carbocycles. The fourth-order valence-corrected chi connectivity index (χ4v) is 2.33. The van der Waals surface area contributed by atoms with Gasteiger partial charge >= 0.3 is 5.97 Å². The zero-order valence-corrected chi connectivity index (χ0v) is 12.7. The molecule has 0 aliphatic rings. The minimum absolute atomic E-state index is 0.165. The fourth-order valence-electron chi connectivity index (χ4n) is 1.26. The molecule has 0 saturated heterocycles. The predicted octanol–water partition coefficient (Wildman–Crippen LogP) is 3.56. The van der Waals surface area contributed by atoms with Gasteiger partial charge in [0.05, 0.1) is 12.5 Å². The van der Waals surface area contributed by atoms with Crippen molar-refractivity contribution >= 4 is 45.8 Å². The first-order valence-electron chi connectivity index (χ1n) is 5.40. The number of anilines is 1. The van der Waals surface area contributed by atoms with E-state index in [1.165, 1.54) is 0 Å². The van der Waals surface area contributed by atoms with Crippen LogP contribution in [0.2, 0.25) is 5.02 Å². The van der Waals surface area contributed by atoms with E-state index < -0.39 is 0 Å². The maximum atomic E-state index is 11.4. The number of halogens is 2. The van der Waals surface area contributed by atoms with E-state index in [1.807, 2.05) is 25.1 Å². The lowest BCUT2D eigenvalue weighted by molar-refractivity contribution is -0.146. The lowest BCUT2D eigenvalue weighted by Gasteiger charge is -2.13. The smallest absolute Gasteiger partial charge is 0.310 e. The minimum atomic E-state index is -0.177. The van der Waals surface area contributed by atoms with Gasteiger partial charge in [-0.3, -0.25) is 4.79 Å². The Balaban J connectivity index is 2.52. The summed E-state index contributed by atoms with van der Waals surface area (Å²) >= 11 is 8.07. The van der Waals surface area contributed by atoms with Gasteiger partial charge in [-0.05, 0) is 47.7 Å². The number of nitrogens with one attached hydrogen (secondary N) is 1. The monoisotopic (exact) mass is 367 g/mol. The van der Waals surface area contributed by atoms with Crippen LogP contribution >= 0.6 is 34.2 Å². The Morgan fingerprint density at radius 3 is 2.88 bits per heavy atom. The lowest BCUT2D eigenvalue weighted by atomic mass is 10.2. The molecule has 1 rings (SSSR count). The number of esters is 1. The van der Waals surface area contributed by atoms with Gasteiger partial charge in [0.15, 0.2) is 0 Å². The summed E-state index contributed by atoms with van der Waals surface area (Å²) in [6.45, 7) is 4.62. The Morgan fingerprint density at radius 1 is 1.59 bits per heavy atom. The van der Waals surface area contributed by atoms with E-state index in [-0.39, 0.29) is 11.9 Å². The van der Waals surface area contributed by atoms with Crippen LogP contribution in [0.25, 0.3) is 0 Å². The van der Waals surface area contributed by atoms with Crippen molar-refractivity contribution in [1.82, 2.24) is 0 Å². The van der Waals surface area contributed by atoms with Crippen molar-refractivity contribution in [3.8, 4) is 0 Å². The highest BCUT2D eigenvalue weighted by Gasteiger charge is 2.13. The van der Waals surface area contributed by atoms with Gasteiger partial charge in [-0.25, -0.2) is 0 Å². The topological polar surface area (TPSA) is 38.3 Å². The van der Waals surface area contributed by atoms with Crippen molar-refractivity contribution < 1.29 is 9.53 Å². The molecule has 0 heterocycles. The minimum Gasteiger partial charge on any atom is -0.466 e. The molecule has 0 aromatic heterocycles. The second-order valence-electron chi connectivity index (χ2n) is 3.66. The van der Waals surface area contributed by atoms with E-state index in [4.69, 9.17) is 16.3 Å². The summed E-state index contributed by atoms with van der Waals surface area (Å²) in [5.74, 6) is -0.342. The van der Waals surface area contributed by atoms with E-state index in [9.17, 15) is 4.79 Å². The van der Waals surface area contributed by atoms with Crippen LogP contribution in [0.4, 0.5) is 5.69 Å². The van der Waals surface area contributed by atoms with Gasteiger partial charge in [0.25, 0.3) is 0 Å². The first kappa shape index (κ1) is 14.6. The maximum absolute atomic E-state index is 11.4. The first-order chi connectivity index (χ1) is 8.04. The zero-order valence-electron chi connectivity index (χ0n) is 9.80. The maximum Gasteiger partial charge on any atom is 0.310 e. The fraction of sp³-hybridized carbons (Fsp3) is 0.417. The quantitative estimate of drug-likeness (QED) is 0.639. The third-order valence-corrected chi connectivity index (χ3v) is 3.35. The van der Waals surface area contributed by atoms with Crippen LogP contribution in [0.3, 0.4) is 0 Å². The Hall–Kier alpha value is -0.490. The first-order valence-corrected chi connectivity index (χ1v) is 6.85. The van der Waals surface area contributed by atoms with Crippen LogP contribution in [0.15, 0.2) is 18.2 Å². The molecule has 0 saturated carbocycles. The highest BCUT2D eigenvalue weighted by atomic mass is 127. The predicted molar refractivity (Wildman–Crippen MR) is 78.5 cm³/mol. The summed E-state index contributed by atoms with van der Waals surface area (Å²) < 4.78 is 5.97. The molecule has 1 unspecified atom stereocenters. The summed E-state index contributed by atoms with van der Waals surface area (Å²) in [4.78, 5) is 11.4. The number of carbonyl (C=O) groups is 1. The molecule has 1 aromatic rings. The van der Waals surface area contributed by atoms with Crippen LogP contribution in [-0.4, -0.2) is 19.1 Å². The number of rotatable bonds is 5. The average molecular weight is 368 g/mol. The van der Waals surface area contributed by atoms with Crippen molar-refractivity contribution in [3.05, 3.63) is 26.8 Å². The van der Waals surface area contributed by atoms with Crippen LogP contribution in [0.1, 0.15) is 13.8 Å². The summed E-state index contributed by atoms with van der Waals surface area (Å²) in [7, 11) is 0. The van der Waals surface area contributed by atoms with Crippen molar-refractivity contribution in [3.63, 3.8) is 0 Å². The third kappa shape index (κ3) is 4.71. The Bertz CT molecular complexity index is 398. The number of ether oxygens (including phenoxy) is 1. The summed E-state index contributed by atoms with van der Waals surface area (Å²) in [5.41, 5.74) is 0.978. The molecule has 0 spiro atoms. The zero-order chi connectivity index (χ0) is 12.8. The van der Waals surface area contributed by atoms with E-state index in [0.29, 0.717) is 18.2 Å². The molecule has 0 bridgehead atoms. The molecule has 0 radical (unpaired) electrons. The normalized spacial score (nSPS) is 12.0.